The van der Waals surface area contributed by atoms with Crippen molar-refractivity contribution in [1.29, 1.82) is 0 Å². The van der Waals surface area contributed by atoms with E-state index >= 15 is 0 Å². The summed E-state index contributed by atoms with van der Waals surface area (Å²) in [5, 5.41) is 6.11. The number of amides is 1. The second kappa shape index (κ2) is 6.86. The summed E-state index contributed by atoms with van der Waals surface area (Å²) < 4.78 is 0. The molecule has 0 aromatic heterocycles. The minimum atomic E-state index is 0.100. The highest BCUT2D eigenvalue weighted by Gasteiger charge is 2.25. The van der Waals surface area contributed by atoms with Crippen LogP contribution >= 0.6 is 0 Å². The molecule has 0 aromatic rings. The van der Waals surface area contributed by atoms with Crippen LogP contribution in [-0.2, 0) is 4.79 Å². The zero-order valence-electron chi connectivity index (χ0n) is 10.8. The Labute approximate surface area is 98.8 Å². The molecule has 4 heteroatoms. The monoisotopic (exact) mass is 227 g/mol. The van der Waals surface area contributed by atoms with E-state index in [4.69, 9.17) is 0 Å². The molecule has 1 atom stereocenters. The molecule has 16 heavy (non-hydrogen) atoms. The third-order valence-electron chi connectivity index (χ3n) is 3.12. The standard InChI is InChI=1S/C12H25N3O/c1-4-10(2)14-12(16)9-13-7-8-15(3)11-5-6-11/h10-11,13H,4-9H2,1-3H3,(H,14,16). The van der Waals surface area contributed by atoms with E-state index in [-0.39, 0.29) is 11.9 Å². The van der Waals surface area contributed by atoms with Crippen molar-refractivity contribution in [2.24, 2.45) is 0 Å². The first-order valence-corrected chi connectivity index (χ1v) is 6.33. The molecule has 0 spiro atoms. The molecule has 1 saturated carbocycles. The maximum absolute atomic E-state index is 11.4. The number of likely N-dealkylation sites (N-methyl/N-ethyl adjacent to an activating group) is 1. The van der Waals surface area contributed by atoms with E-state index in [2.05, 4.69) is 29.5 Å². The van der Waals surface area contributed by atoms with Crippen LogP contribution in [0.3, 0.4) is 0 Å². The van der Waals surface area contributed by atoms with E-state index in [1.807, 2.05) is 6.92 Å². The summed E-state index contributed by atoms with van der Waals surface area (Å²) in [5.74, 6) is 0.100. The highest BCUT2D eigenvalue weighted by atomic mass is 16.1. The highest BCUT2D eigenvalue weighted by Crippen LogP contribution is 2.24. The lowest BCUT2D eigenvalue weighted by Gasteiger charge is -2.16. The van der Waals surface area contributed by atoms with E-state index < -0.39 is 0 Å². The van der Waals surface area contributed by atoms with Crippen LogP contribution in [0.1, 0.15) is 33.1 Å². The van der Waals surface area contributed by atoms with E-state index in [0.29, 0.717) is 6.54 Å². The van der Waals surface area contributed by atoms with Gasteiger partial charge in [0.15, 0.2) is 0 Å². The number of hydrogen-bond donors (Lipinski definition) is 2. The maximum Gasteiger partial charge on any atom is 0.234 e. The topological polar surface area (TPSA) is 44.4 Å². The molecule has 94 valence electrons. The van der Waals surface area contributed by atoms with Gasteiger partial charge in [-0.15, -0.1) is 0 Å². The molecule has 0 aromatic carbocycles. The van der Waals surface area contributed by atoms with Gasteiger partial charge in [0.2, 0.25) is 5.91 Å². The van der Waals surface area contributed by atoms with Crippen LogP contribution in [0.25, 0.3) is 0 Å². The van der Waals surface area contributed by atoms with Gasteiger partial charge in [0.05, 0.1) is 6.54 Å². The van der Waals surface area contributed by atoms with E-state index in [1.54, 1.807) is 0 Å². The van der Waals surface area contributed by atoms with E-state index in [9.17, 15) is 4.79 Å². The van der Waals surface area contributed by atoms with Gasteiger partial charge in [-0.25, -0.2) is 0 Å². The van der Waals surface area contributed by atoms with Crippen LogP contribution < -0.4 is 10.6 Å². The fraction of sp³-hybridized carbons (Fsp3) is 0.917. The van der Waals surface area contributed by atoms with Crippen LogP contribution in [0, 0.1) is 0 Å². The minimum Gasteiger partial charge on any atom is -0.353 e. The molecule has 4 nitrogen and oxygen atoms in total. The molecule has 2 N–H and O–H groups in total. The Morgan fingerprint density at radius 3 is 2.75 bits per heavy atom. The molecule has 1 rings (SSSR count). The minimum absolute atomic E-state index is 0.100. The maximum atomic E-state index is 11.4. The van der Waals surface area contributed by atoms with Gasteiger partial charge in [-0.05, 0) is 33.2 Å². The quantitative estimate of drug-likeness (QED) is 0.596. The summed E-state index contributed by atoms with van der Waals surface area (Å²) in [6, 6.07) is 1.08. The Balaban J connectivity index is 1.95. The first-order valence-electron chi connectivity index (χ1n) is 6.33. The van der Waals surface area contributed by atoms with Crippen molar-refractivity contribution in [2.45, 2.75) is 45.2 Å². The van der Waals surface area contributed by atoms with Crippen LogP contribution in [0.2, 0.25) is 0 Å². The summed E-state index contributed by atoms with van der Waals surface area (Å²) >= 11 is 0. The summed E-state index contributed by atoms with van der Waals surface area (Å²) in [7, 11) is 2.15. The molecular formula is C12H25N3O. The number of rotatable bonds is 8. The number of nitrogens with zero attached hydrogens (tertiary/aromatic N) is 1. The summed E-state index contributed by atoms with van der Waals surface area (Å²) in [6.45, 7) is 6.45. The molecule has 0 heterocycles. The van der Waals surface area contributed by atoms with Gasteiger partial charge >= 0.3 is 0 Å². The summed E-state index contributed by atoms with van der Waals surface area (Å²) in [6.07, 6.45) is 3.66. The number of hydrogen-bond acceptors (Lipinski definition) is 3. The number of nitrogens with one attached hydrogen (secondary N) is 2. The van der Waals surface area contributed by atoms with Crippen molar-refractivity contribution in [1.82, 2.24) is 15.5 Å². The van der Waals surface area contributed by atoms with Crippen LogP contribution in [-0.4, -0.2) is 49.6 Å². The molecule has 1 aliphatic rings. The Hall–Kier alpha value is -0.610. The predicted octanol–water partition coefficient (Wildman–Crippen LogP) is 0.585. The number of carbonyl (C=O) groups excluding carboxylic acids is 1. The van der Waals surface area contributed by atoms with Crippen LogP contribution in [0.4, 0.5) is 0 Å². The van der Waals surface area contributed by atoms with Gasteiger partial charge in [-0.1, -0.05) is 6.92 Å². The lowest BCUT2D eigenvalue weighted by atomic mass is 10.2. The average molecular weight is 227 g/mol. The van der Waals surface area contributed by atoms with Gasteiger partial charge in [-0.2, -0.15) is 0 Å². The molecular weight excluding hydrogens is 202 g/mol. The molecule has 1 fully saturated rings. The van der Waals surface area contributed by atoms with Crippen LogP contribution in [0.5, 0.6) is 0 Å². The summed E-state index contributed by atoms with van der Waals surface area (Å²) in [5.41, 5.74) is 0. The first kappa shape index (κ1) is 13.5. The smallest absolute Gasteiger partial charge is 0.234 e. The van der Waals surface area contributed by atoms with Crippen molar-refractivity contribution in [3.63, 3.8) is 0 Å². The Morgan fingerprint density at radius 2 is 2.19 bits per heavy atom. The SMILES string of the molecule is CCC(C)NC(=O)CNCCN(C)C1CC1. The van der Waals surface area contributed by atoms with Crippen molar-refractivity contribution >= 4 is 5.91 Å². The highest BCUT2D eigenvalue weighted by molar-refractivity contribution is 5.78. The molecule has 1 aliphatic carbocycles. The fourth-order valence-electron chi connectivity index (χ4n) is 1.58. The second-order valence-corrected chi connectivity index (χ2v) is 4.77. The van der Waals surface area contributed by atoms with Crippen molar-refractivity contribution in [2.75, 3.05) is 26.7 Å². The van der Waals surface area contributed by atoms with Crippen molar-refractivity contribution in [3.05, 3.63) is 0 Å². The van der Waals surface area contributed by atoms with Crippen molar-refractivity contribution < 1.29 is 4.79 Å². The Bertz CT molecular complexity index is 216. The zero-order valence-corrected chi connectivity index (χ0v) is 10.8. The lowest BCUT2D eigenvalue weighted by Crippen LogP contribution is -2.40. The normalized spacial score (nSPS) is 17.5. The first-order chi connectivity index (χ1) is 7.63. The lowest BCUT2D eigenvalue weighted by molar-refractivity contribution is -0.120. The zero-order chi connectivity index (χ0) is 12.0. The molecule has 0 radical (unpaired) electrons. The third kappa shape index (κ3) is 5.47. The van der Waals surface area contributed by atoms with Gasteiger partial charge in [-0.3, -0.25) is 4.79 Å². The van der Waals surface area contributed by atoms with Gasteiger partial charge < -0.3 is 15.5 Å². The van der Waals surface area contributed by atoms with Crippen LogP contribution in [0.15, 0.2) is 0 Å². The Morgan fingerprint density at radius 1 is 1.50 bits per heavy atom. The number of carbonyl (C=O) groups is 1. The third-order valence-corrected chi connectivity index (χ3v) is 3.12. The molecule has 0 saturated heterocycles. The molecule has 0 aliphatic heterocycles. The van der Waals surface area contributed by atoms with Gasteiger partial charge in [0, 0.05) is 25.2 Å². The van der Waals surface area contributed by atoms with E-state index in [0.717, 1.165) is 25.6 Å². The Kier molecular flexibility index (Phi) is 5.77. The molecule has 1 amide bonds. The van der Waals surface area contributed by atoms with E-state index in [1.165, 1.54) is 12.8 Å². The predicted molar refractivity (Wildman–Crippen MR) is 66.4 cm³/mol. The average Bonchev–Trinajstić information content (AvgIpc) is 3.07. The van der Waals surface area contributed by atoms with Gasteiger partial charge in [0.25, 0.3) is 0 Å². The largest absolute Gasteiger partial charge is 0.353 e. The molecule has 1 unspecified atom stereocenters. The fourth-order valence-corrected chi connectivity index (χ4v) is 1.58. The second-order valence-electron chi connectivity index (χ2n) is 4.77. The summed E-state index contributed by atoms with van der Waals surface area (Å²) in [4.78, 5) is 13.8. The molecule has 0 bridgehead atoms. The van der Waals surface area contributed by atoms with Crippen molar-refractivity contribution in [3.8, 4) is 0 Å². The van der Waals surface area contributed by atoms with Gasteiger partial charge in [0.1, 0.15) is 0 Å².